The molecule has 1 saturated heterocycles. The number of carbonyl (C=O) groups excluding carboxylic acids is 2. The Balaban J connectivity index is 1.90. The molecule has 16 heavy (non-hydrogen) atoms. The monoisotopic (exact) mass is 225 g/mol. The maximum absolute atomic E-state index is 11.2. The number of hydrogen-bond acceptors (Lipinski definition) is 4. The van der Waals surface area contributed by atoms with Gasteiger partial charge in [-0.3, -0.25) is 14.5 Å². The summed E-state index contributed by atoms with van der Waals surface area (Å²) in [5, 5.41) is 8.71. The number of carboxylic acid groups (broad SMARTS) is 1. The first-order valence-electron chi connectivity index (χ1n) is 4.99. The number of aliphatic carboxylic acids is 1. The Bertz CT molecular complexity index is 357. The summed E-state index contributed by atoms with van der Waals surface area (Å²) in [6.07, 6.45) is 2.19. The number of hydrogen-bond donors (Lipinski definition) is 1. The lowest BCUT2D eigenvalue weighted by molar-refractivity contribution is -0.150. The first-order valence-corrected chi connectivity index (χ1v) is 4.99. The van der Waals surface area contributed by atoms with E-state index in [2.05, 4.69) is 0 Å². The van der Waals surface area contributed by atoms with E-state index >= 15 is 0 Å². The van der Waals surface area contributed by atoms with Crippen LogP contribution in [0.2, 0.25) is 0 Å². The lowest BCUT2D eigenvalue weighted by atomic mass is 10.2. The van der Waals surface area contributed by atoms with E-state index < -0.39 is 12.1 Å². The maximum Gasteiger partial charge on any atom is 0.332 e. The van der Waals surface area contributed by atoms with Gasteiger partial charge >= 0.3 is 5.97 Å². The highest BCUT2D eigenvalue weighted by Gasteiger charge is 2.34. The molecule has 6 heteroatoms. The van der Waals surface area contributed by atoms with Crippen molar-refractivity contribution in [1.29, 1.82) is 0 Å². The van der Waals surface area contributed by atoms with Crippen molar-refractivity contribution in [2.75, 3.05) is 6.54 Å². The number of imide groups is 1. The molecule has 0 radical (unpaired) electrons. The predicted molar refractivity (Wildman–Crippen MR) is 51.4 cm³/mol. The van der Waals surface area contributed by atoms with Gasteiger partial charge in [-0.1, -0.05) is 0 Å². The Morgan fingerprint density at radius 3 is 2.50 bits per heavy atom. The highest BCUT2D eigenvalue weighted by molar-refractivity contribution is 6.12. The van der Waals surface area contributed by atoms with Crippen LogP contribution in [0.3, 0.4) is 0 Å². The Labute approximate surface area is 91.5 Å². The van der Waals surface area contributed by atoms with E-state index in [0.717, 1.165) is 4.90 Å². The molecule has 0 bridgehead atoms. The number of rotatable bonds is 3. The summed E-state index contributed by atoms with van der Waals surface area (Å²) in [6.45, 7) is 0.133. The second-order valence-corrected chi connectivity index (χ2v) is 3.78. The van der Waals surface area contributed by atoms with Crippen molar-refractivity contribution in [3.63, 3.8) is 0 Å². The van der Waals surface area contributed by atoms with Crippen LogP contribution < -0.4 is 0 Å². The lowest BCUT2D eigenvalue weighted by Crippen LogP contribution is -2.37. The van der Waals surface area contributed by atoms with Gasteiger partial charge < -0.3 is 9.84 Å². The van der Waals surface area contributed by atoms with Crippen LogP contribution in [0.5, 0.6) is 0 Å². The van der Waals surface area contributed by atoms with Gasteiger partial charge in [0, 0.05) is 12.2 Å². The summed E-state index contributed by atoms with van der Waals surface area (Å²) < 4.78 is 5.21. The second kappa shape index (κ2) is 4.05. The summed E-state index contributed by atoms with van der Waals surface area (Å²) in [5.74, 6) is -1.74. The predicted octanol–water partition coefficient (Wildman–Crippen LogP) is -0.456. The summed E-state index contributed by atoms with van der Waals surface area (Å²) in [5.41, 5.74) is 0. The van der Waals surface area contributed by atoms with Crippen molar-refractivity contribution in [2.45, 2.75) is 25.0 Å². The quantitative estimate of drug-likeness (QED) is 0.657. The molecule has 0 aromatic rings. The molecule has 2 rings (SSSR count). The average Bonchev–Trinajstić information content (AvgIpc) is 2.80. The first kappa shape index (κ1) is 10.8. The van der Waals surface area contributed by atoms with E-state index in [4.69, 9.17) is 9.84 Å². The van der Waals surface area contributed by atoms with Gasteiger partial charge in [0.2, 0.25) is 0 Å². The van der Waals surface area contributed by atoms with Gasteiger partial charge in [-0.25, -0.2) is 4.79 Å². The molecule has 2 atom stereocenters. The van der Waals surface area contributed by atoms with Crippen LogP contribution >= 0.6 is 0 Å². The van der Waals surface area contributed by atoms with Gasteiger partial charge in [0.1, 0.15) is 0 Å². The van der Waals surface area contributed by atoms with Crippen molar-refractivity contribution in [1.82, 2.24) is 4.90 Å². The number of ether oxygens (including phenoxy) is 1. The molecule has 0 saturated carbocycles. The average molecular weight is 225 g/mol. The van der Waals surface area contributed by atoms with Gasteiger partial charge in [-0.15, -0.1) is 0 Å². The second-order valence-electron chi connectivity index (χ2n) is 3.78. The molecule has 2 heterocycles. The fourth-order valence-electron chi connectivity index (χ4n) is 1.84. The fourth-order valence-corrected chi connectivity index (χ4v) is 1.84. The van der Waals surface area contributed by atoms with Crippen molar-refractivity contribution in [3.8, 4) is 0 Å². The zero-order chi connectivity index (χ0) is 11.7. The third-order valence-corrected chi connectivity index (χ3v) is 2.67. The van der Waals surface area contributed by atoms with E-state index in [1.165, 1.54) is 12.2 Å². The third-order valence-electron chi connectivity index (χ3n) is 2.67. The van der Waals surface area contributed by atoms with Crippen molar-refractivity contribution in [2.24, 2.45) is 0 Å². The zero-order valence-electron chi connectivity index (χ0n) is 8.46. The van der Waals surface area contributed by atoms with E-state index in [1.807, 2.05) is 0 Å². The van der Waals surface area contributed by atoms with Gasteiger partial charge in [-0.05, 0) is 12.8 Å². The molecule has 0 spiro atoms. The number of amides is 2. The van der Waals surface area contributed by atoms with Crippen molar-refractivity contribution >= 4 is 17.8 Å². The summed E-state index contributed by atoms with van der Waals surface area (Å²) >= 11 is 0. The van der Waals surface area contributed by atoms with E-state index in [1.54, 1.807) is 0 Å². The smallest absolute Gasteiger partial charge is 0.332 e. The van der Waals surface area contributed by atoms with Crippen LogP contribution in [0.25, 0.3) is 0 Å². The van der Waals surface area contributed by atoms with Crippen molar-refractivity contribution < 1.29 is 24.2 Å². The largest absolute Gasteiger partial charge is 0.479 e. The SMILES string of the molecule is O=C(O)C1CCC(CN2C(=O)C=CC2=O)O1. The summed E-state index contributed by atoms with van der Waals surface area (Å²) in [7, 11) is 0. The minimum absolute atomic E-state index is 0.133. The van der Waals surface area contributed by atoms with Crippen LogP contribution in [-0.4, -0.2) is 46.5 Å². The molecule has 1 fully saturated rings. The molecular weight excluding hydrogens is 214 g/mol. The van der Waals surface area contributed by atoms with Crippen LogP contribution in [0, 0.1) is 0 Å². The number of carboxylic acids is 1. The van der Waals surface area contributed by atoms with Crippen molar-refractivity contribution in [3.05, 3.63) is 12.2 Å². The molecule has 1 N–H and O–H groups in total. The topological polar surface area (TPSA) is 83.9 Å². The first-order chi connectivity index (χ1) is 7.58. The molecule has 2 aliphatic heterocycles. The van der Waals surface area contributed by atoms with Crippen LogP contribution in [0.4, 0.5) is 0 Å². The van der Waals surface area contributed by atoms with E-state index in [0.29, 0.717) is 12.8 Å². The van der Waals surface area contributed by atoms with E-state index in [9.17, 15) is 14.4 Å². The molecule has 0 aromatic carbocycles. The number of carbonyl (C=O) groups is 3. The molecule has 0 aromatic heterocycles. The lowest BCUT2D eigenvalue weighted by Gasteiger charge is -2.18. The Morgan fingerprint density at radius 2 is 2.00 bits per heavy atom. The molecule has 2 unspecified atom stereocenters. The summed E-state index contributed by atoms with van der Waals surface area (Å²) in [6, 6.07) is 0. The Hall–Kier alpha value is -1.69. The molecule has 0 aliphatic carbocycles. The highest BCUT2D eigenvalue weighted by atomic mass is 16.5. The molecule has 2 amide bonds. The molecule has 6 nitrogen and oxygen atoms in total. The normalized spacial score (nSPS) is 29.1. The van der Waals surface area contributed by atoms with Crippen LogP contribution in [0.1, 0.15) is 12.8 Å². The third kappa shape index (κ3) is 1.96. The zero-order valence-corrected chi connectivity index (χ0v) is 8.46. The van der Waals surface area contributed by atoms with Crippen LogP contribution in [-0.2, 0) is 19.1 Å². The Morgan fingerprint density at radius 1 is 1.38 bits per heavy atom. The Kier molecular flexibility index (Phi) is 2.74. The molecular formula is C10H11NO5. The standard InChI is InChI=1S/C10H11NO5/c12-8-3-4-9(13)11(8)5-6-1-2-7(16-6)10(14)15/h3-4,6-7H,1-2,5H2,(H,14,15). The van der Waals surface area contributed by atoms with Gasteiger partial charge in [-0.2, -0.15) is 0 Å². The van der Waals surface area contributed by atoms with Crippen LogP contribution in [0.15, 0.2) is 12.2 Å². The maximum atomic E-state index is 11.2. The highest BCUT2D eigenvalue weighted by Crippen LogP contribution is 2.21. The minimum Gasteiger partial charge on any atom is -0.479 e. The van der Waals surface area contributed by atoms with Gasteiger partial charge in [0.25, 0.3) is 11.8 Å². The number of nitrogens with zero attached hydrogens (tertiary/aromatic N) is 1. The molecule has 86 valence electrons. The van der Waals surface area contributed by atoms with Gasteiger partial charge in [0.05, 0.1) is 12.6 Å². The van der Waals surface area contributed by atoms with E-state index in [-0.39, 0.29) is 24.5 Å². The fraction of sp³-hybridized carbons (Fsp3) is 0.500. The van der Waals surface area contributed by atoms with Gasteiger partial charge in [0.15, 0.2) is 6.10 Å². The minimum atomic E-state index is -1.00. The molecule has 2 aliphatic rings. The summed E-state index contributed by atoms with van der Waals surface area (Å²) in [4.78, 5) is 34.2.